The zero-order chi connectivity index (χ0) is 67.6. The van der Waals surface area contributed by atoms with E-state index >= 15 is 0 Å². The Morgan fingerprint density at radius 1 is 0.437 bits per heavy atom. The second-order valence-corrected chi connectivity index (χ2v) is 27.3. The van der Waals surface area contributed by atoms with Gasteiger partial charge in [-0.2, -0.15) is 0 Å². The fraction of sp³-hybridized carbons (Fsp3) is 0.797. The van der Waals surface area contributed by atoms with Crippen molar-refractivity contribution in [3.63, 3.8) is 0 Å². The number of amides is 10. The van der Waals surface area contributed by atoms with E-state index in [-0.39, 0.29) is 49.4 Å². The Bertz CT molecular complexity index is 2370. The van der Waals surface area contributed by atoms with Gasteiger partial charge in [-0.1, -0.05) is 130 Å². The van der Waals surface area contributed by atoms with E-state index in [4.69, 9.17) is 4.74 Å². The third-order valence-corrected chi connectivity index (χ3v) is 16.2. The average molecular weight is 1230 g/mol. The maximum atomic E-state index is 14.9. The summed E-state index contributed by atoms with van der Waals surface area (Å²) in [7, 11) is 7.03. The van der Waals surface area contributed by atoms with Gasteiger partial charge in [-0.25, -0.2) is 4.79 Å². The number of hydrogen-bond acceptors (Lipinski definition) is 13. The molecule has 0 unspecified atom stereocenters. The molecule has 87 heavy (non-hydrogen) atoms. The number of carbonyl (C=O) groups is 11. The minimum absolute atomic E-state index is 0.100. The van der Waals surface area contributed by atoms with Crippen molar-refractivity contribution in [2.75, 3.05) is 35.2 Å². The molecule has 10 amide bonds. The Hall–Kier alpha value is -6.13. The number of esters is 1. The molecule has 0 radical (unpaired) electrons. The topological polar surface area (TPSA) is 294 Å². The molecule has 23 heteroatoms. The van der Waals surface area contributed by atoms with Crippen molar-refractivity contribution in [1.82, 2.24) is 51.1 Å². The molecule has 0 aromatic heterocycles. The number of likely N-dealkylation sites (N-methyl/N-ethyl adjacent to an activating group) is 5. The Kier molecular flexibility index (Phi) is 32.4. The molecule has 6 N–H and O–H groups in total. The van der Waals surface area contributed by atoms with Crippen LogP contribution in [0.2, 0.25) is 0 Å². The molecule has 1 rings (SSSR count). The summed E-state index contributed by atoms with van der Waals surface area (Å²) in [5.41, 5.74) is 0. The first-order valence-electron chi connectivity index (χ1n) is 31.4. The predicted octanol–water partition coefficient (Wildman–Crippen LogP) is 4.28. The van der Waals surface area contributed by atoms with Gasteiger partial charge >= 0.3 is 5.97 Å². The Labute approximate surface area is 520 Å². The lowest BCUT2D eigenvalue weighted by Gasteiger charge is -2.38. The van der Waals surface area contributed by atoms with E-state index in [9.17, 15) is 57.8 Å². The molecule has 1 fully saturated rings. The van der Waals surface area contributed by atoms with Crippen molar-refractivity contribution in [3.8, 4) is 0 Å². The van der Waals surface area contributed by atoms with E-state index in [1.807, 2.05) is 55.4 Å². The lowest BCUT2D eigenvalue weighted by atomic mass is 9.92. The van der Waals surface area contributed by atoms with E-state index < -0.39 is 167 Å². The van der Waals surface area contributed by atoms with Crippen LogP contribution in [-0.4, -0.2) is 203 Å². The number of allylic oxidation sites excluding steroid dienone is 2. The third kappa shape index (κ3) is 22.8. The number of rotatable bonds is 16. The van der Waals surface area contributed by atoms with E-state index in [1.54, 1.807) is 81.4 Å². The van der Waals surface area contributed by atoms with Crippen LogP contribution in [0.4, 0.5) is 0 Å². The number of carbonyl (C=O) groups excluding carboxylic acids is 11. The highest BCUT2D eigenvalue weighted by Crippen LogP contribution is 2.24. The van der Waals surface area contributed by atoms with E-state index in [0.717, 1.165) is 4.90 Å². The highest BCUT2D eigenvalue weighted by atomic mass is 16.6. The molecule has 0 aromatic carbocycles. The molecule has 0 aromatic rings. The van der Waals surface area contributed by atoms with Gasteiger partial charge in [0.2, 0.25) is 53.2 Å². The fourth-order valence-corrected chi connectivity index (χ4v) is 10.9. The fourth-order valence-electron chi connectivity index (χ4n) is 10.9. The third-order valence-electron chi connectivity index (χ3n) is 16.2. The van der Waals surface area contributed by atoms with E-state index in [0.29, 0.717) is 6.42 Å². The molecule has 1 saturated heterocycles. The van der Waals surface area contributed by atoms with Gasteiger partial charge in [-0.05, 0) is 106 Å². The molecule has 23 nitrogen and oxygen atoms in total. The summed E-state index contributed by atoms with van der Waals surface area (Å²) in [5.74, 6) is -11.9. The van der Waals surface area contributed by atoms with Crippen LogP contribution in [0.25, 0.3) is 0 Å². The van der Waals surface area contributed by atoms with Crippen molar-refractivity contribution in [2.24, 2.45) is 53.3 Å². The summed E-state index contributed by atoms with van der Waals surface area (Å²) in [6.07, 6.45) is 1.35. The number of cyclic esters (lactones) is 1. The van der Waals surface area contributed by atoms with Crippen molar-refractivity contribution >= 4 is 65.0 Å². The quantitative estimate of drug-likeness (QED) is 0.0931. The zero-order valence-electron chi connectivity index (χ0n) is 57.4. The van der Waals surface area contributed by atoms with Crippen LogP contribution in [-0.2, 0) is 57.5 Å². The van der Waals surface area contributed by atoms with Gasteiger partial charge in [-0.15, -0.1) is 0 Å². The van der Waals surface area contributed by atoms with Crippen LogP contribution in [0.3, 0.4) is 0 Å². The minimum atomic E-state index is -1.69. The number of nitrogens with one attached hydrogen (secondary N) is 5. The van der Waals surface area contributed by atoms with Gasteiger partial charge in [0.15, 0.2) is 6.10 Å². The summed E-state index contributed by atoms with van der Waals surface area (Å²) >= 11 is 0. The van der Waals surface area contributed by atoms with Gasteiger partial charge in [-0.3, -0.25) is 47.9 Å². The average Bonchev–Trinajstić information content (AvgIpc) is 1.84. The summed E-state index contributed by atoms with van der Waals surface area (Å²) in [6.45, 7) is 34.7. The second kappa shape index (κ2) is 35.8. The van der Waals surface area contributed by atoms with Crippen molar-refractivity contribution in [1.29, 1.82) is 0 Å². The molecular formula is C64H114N10O13. The molecule has 0 bridgehead atoms. The standard InChI is InChI=1S/C64H114N10O13/c1-26-27-28-41(18)52(75)49-56(78)68-48(37(10)11)62(84)70(21)43(20)59(81)73(24)50(38(12)13)57(79)67-44(29-33(2)3)60(82)71(22)46(31-35(6)7)54(76)65-42(19)64(86)87-53(40(16)17)63(85)72(23)47(32-36(8)9)55(77)66-45(30-34(4)5)61(83)74(25)51(39(14)15)58(80)69-49/h26-27,33-53,75H,28-32H2,1-25H3,(H,65,76)(H,66,77)(H,67,79)(H,68,78)(H,69,80)/b27-26+/t41-,42-,43+,44-,45-,46-,47-,48-,49-,50-,51-,52-,53-/m0/s1. The van der Waals surface area contributed by atoms with Crippen molar-refractivity contribution < 1.29 is 62.6 Å². The lowest BCUT2D eigenvalue weighted by molar-refractivity contribution is -0.166. The summed E-state index contributed by atoms with van der Waals surface area (Å²) in [6, 6.07) is -12.9. The van der Waals surface area contributed by atoms with Crippen LogP contribution in [0, 0.1) is 53.3 Å². The lowest BCUT2D eigenvalue weighted by Crippen LogP contribution is -2.64. The van der Waals surface area contributed by atoms with E-state index in [1.165, 1.54) is 68.7 Å². The SMILES string of the molecule is C/C=C/C[C@H](C)[C@H](O)[C@@H]1NC(=O)[C@H](C(C)C)N(C)C(=O)[C@H](CC(C)C)NC(=O)[C@H](CC(C)C)N(C)C(=O)[C@H](C(C)C)OC(=O)[C@H](C)NC(=O)[C@H](CC(C)C)N(C)C(=O)[C@H](CC(C)C)NC(=O)[C@H](C(C)C)N(C)C(=O)[C@@H](C)N(C)C(=O)[C@H](C(C)C)NC1=O. The number of ether oxygens (including phenoxy) is 1. The van der Waals surface area contributed by atoms with Crippen LogP contribution >= 0.6 is 0 Å². The Morgan fingerprint density at radius 2 is 0.828 bits per heavy atom. The molecule has 0 saturated carbocycles. The monoisotopic (exact) mass is 1230 g/mol. The van der Waals surface area contributed by atoms with Gasteiger partial charge in [0.05, 0.1) is 6.10 Å². The maximum Gasteiger partial charge on any atom is 0.329 e. The molecule has 1 heterocycles. The number of nitrogens with zero attached hydrogens (tertiary/aromatic N) is 5. The highest BCUT2D eigenvalue weighted by molar-refractivity contribution is 5.99. The molecule has 0 spiro atoms. The van der Waals surface area contributed by atoms with E-state index in [2.05, 4.69) is 26.6 Å². The first-order valence-corrected chi connectivity index (χ1v) is 31.4. The molecule has 13 atom stereocenters. The number of aliphatic hydroxyl groups is 1. The smallest absolute Gasteiger partial charge is 0.329 e. The number of aliphatic hydroxyl groups excluding tert-OH is 1. The normalized spacial score (nSPS) is 27.3. The summed E-state index contributed by atoms with van der Waals surface area (Å²) in [4.78, 5) is 167. The maximum absolute atomic E-state index is 14.9. The van der Waals surface area contributed by atoms with Gasteiger partial charge in [0, 0.05) is 35.2 Å². The highest BCUT2D eigenvalue weighted by Gasteiger charge is 2.44. The Morgan fingerprint density at radius 3 is 1.24 bits per heavy atom. The predicted molar refractivity (Wildman–Crippen MR) is 335 cm³/mol. The largest absolute Gasteiger partial charge is 0.450 e. The van der Waals surface area contributed by atoms with Crippen LogP contribution < -0.4 is 26.6 Å². The zero-order valence-corrected chi connectivity index (χ0v) is 57.4. The van der Waals surface area contributed by atoms with Crippen molar-refractivity contribution in [2.45, 2.75) is 243 Å². The van der Waals surface area contributed by atoms with Crippen LogP contribution in [0.5, 0.6) is 0 Å². The number of hydrogen-bond donors (Lipinski definition) is 6. The summed E-state index contributed by atoms with van der Waals surface area (Å²) < 4.78 is 5.89. The molecule has 1 aliphatic heterocycles. The minimum Gasteiger partial charge on any atom is -0.450 e. The molecule has 1 aliphatic rings. The van der Waals surface area contributed by atoms with Crippen LogP contribution in [0.15, 0.2) is 12.2 Å². The van der Waals surface area contributed by atoms with Crippen LogP contribution in [0.1, 0.15) is 171 Å². The summed E-state index contributed by atoms with van der Waals surface area (Å²) in [5, 5.41) is 25.9. The van der Waals surface area contributed by atoms with Crippen molar-refractivity contribution in [3.05, 3.63) is 12.2 Å². The first-order chi connectivity index (χ1) is 40.1. The molecule has 498 valence electrons. The second-order valence-electron chi connectivity index (χ2n) is 27.3. The van der Waals surface area contributed by atoms with Gasteiger partial charge in [0.1, 0.15) is 60.4 Å². The molecule has 0 aliphatic carbocycles. The Balaban J connectivity index is 4.38. The molecular weight excluding hydrogens is 1120 g/mol. The van der Waals surface area contributed by atoms with Gasteiger partial charge < -0.3 is 60.9 Å². The first kappa shape index (κ1) is 78.9. The van der Waals surface area contributed by atoms with Gasteiger partial charge in [0.25, 0.3) is 5.91 Å².